The van der Waals surface area contributed by atoms with Gasteiger partial charge in [-0.3, -0.25) is 14.4 Å². The second-order valence-electron chi connectivity index (χ2n) is 7.22. The molecule has 0 aromatic heterocycles. The van der Waals surface area contributed by atoms with Gasteiger partial charge in [-0.05, 0) is 66.7 Å². The SMILES string of the molecule is CC(C)C(=O)Nc1ccc(NC(=O)c2cccc(NC(=O)c3ccc(F)cc3)c2)cc1. The topological polar surface area (TPSA) is 87.3 Å². The van der Waals surface area contributed by atoms with Crippen molar-refractivity contribution in [1.29, 1.82) is 0 Å². The zero-order chi connectivity index (χ0) is 22.4. The van der Waals surface area contributed by atoms with Crippen molar-refractivity contribution in [2.75, 3.05) is 16.0 Å². The lowest BCUT2D eigenvalue weighted by Crippen LogP contribution is -2.17. The number of carbonyl (C=O) groups excluding carboxylic acids is 3. The van der Waals surface area contributed by atoms with Crippen molar-refractivity contribution in [3.05, 3.63) is 89.7 Å². The van der Waals surface area contributed by atoms with Crippen LogP contribution < -0.4 is 16.0 Å². The van der Waals surface area contributed by atoms with Crippen LogP contribution in [0.15, 0.2) is 72.8 Å². The van der Waals surface area contributed by atoms with Crippen molar-refractivity contribution in [3.8, 4) is 0 Å². The number of halogens is 1. The van der Waals surface area contributed by atoms with Gasteiger partial charge in [0.05, 0.1) is 0 Å². The van der Waals surface area contributed by atoms with E-state index in [-0.39, 0.29) is 17.7 Å². The summed E-state index contributed by atoms with van der Waals surface area (Å²) in [6.45, 7) is 3.61. The Morgan fingerprint density at radius 2 is 1.23 bits per heavy atom. The average molecular weight is 419 g/mol. The number of hydrogen-bond acceptors (Lipinski definition) is 3. The molecule has 0 aliphatic heterocycles. The van der Waals surface area contributed by atoms with E-state index >= 15 is 0 Å². The third kappa shape index (κ3) is 5.99. The lowest BCUT2D eigenvalue weighted by Gasteiger charge is -2.10. The van der Waals surface area contributed by atoms with Crippen LogP contribution in [0, 0.1) is 11.7 Å². The van der Waals surface area contributed by atoms with E-state index in [9.17, 15) is 18.8 Å². The molecule has 0 saturated carbocycles. The predicted molar refractivity (Wildman–Crippen MR) is 119 cm³/mol. The molecule has 0 heterocycles. The van der Waals surface area contributed by atoms with Crippen molar-refractivity contribution in [2.24, 2.45) is 5.92 Å². The Kier molecular flexibility index (Phi) is 6.77. The highest BCUT2D eigenvalue weighted by molar-refractivity contribution is 6.07. The van der Waals surface area contributed by atoms with E-state index in [1.165, 1.54) is 24.3 Å². The molecule has 0 radical (unpaired) electrons. The number of nitrogens with one attached hydrogen (secondary N) is 3. The Morgan fingerprint density at radius 3 is 1.84 bits per heavy atom. The summed E-state index contributed by atoms with van der Waals surface area (Å²) in [4.78, 5) is 36.6. The molecule has 3 N–H and O–H groups in total. The molecule has 7 heteroatoms. The largest absolute Gasteiger partial charge is 0.326 e. The summed E-state index contributed by atoms with van der Waals surface area (Å²) < 4.78 is 13.0. The smallest absolute Gasteiger partial charge is 0.255 e. The summed E-state index contributed by atoms with van der Waals surface area (Å²) in [5, 5.41) is 8.25. The van der Waals surface area contributed by atoms with E-state index in [1.54, 1.807) is 62.4 Å². The molecule has 0 aliphatic carbocycles. The van der Waals surface area contributed by atoms with Crippen LogP contribution in [0.3, 0.4) is 0 Å². The van der Waals surface area contributed by atoms with E-state index in [0.717, 1.165) is 0 Å². The Bertz CT molecular complexity index is 1090. The number of rotatable bonds is 6. The van der Waals surface area contributed by atoms with E-state index in [0.29, 0.717) is 28.2 Å². The molecule has 3 aromatic carbocycles. The zero-order valence-corrected chi connectivity index (χ0v) is 17.1. The van der Waals surface area contributed by atoms with Crippen LogP contribution in [0.25, 0.3) is 0 Å². The molecule has 0 fully saturated rings. The van der Waals surface area contributed by atoms with Crippen molar-refractivity contribution in [1.82, 2.24) is 0 Å². The van der Waals surface area contributed by atoms with Crippen molar-refractivity contribution < 1.29 is 18.8 Å². The van der Waals surface area contributed by atoms with Gasteiger partial charge in [-0.15, -0.1) is 0 Å². The van der Waals surface area contributed by atoms with Crippen LogP contribution in [0.5, 0.6) is 0 Å². The van der Waals surface area contributed by atoms with Crippen molar-refractivity contribution >= 4 is 34.8 Å². The lowest BCUT2D eigenvalue weighted by atomic mass is 10.1. The molecule has 31 heavy (non-hydrogen) atoms. The maximum Gasteiger partial charge on any atom is 0.255 e. The van der Waals surface area contributed by atoms with Gasteiger partial charge in [0, 0.05) is 34.1 Å². The Hall–Kier alpha value is -4.00. The monoisotopic (exact) mass is 419 g/mol. The first kappa shape index (κ1) is 21.7. The van der Waals surface area contributed by atoms with Gasteiger partial charge in [-0.25, -0.2) is 4.39 Å². The van der Waals surface area contributed by atoms with Gasteiger partial charge in [0.2, 0.25) is 5.91 Å². The fraction of sp³-hybridized carbons (Fsp3) is 0.125. The highest BCUT2D eigenvalue weighted by Gasteiger charge is 2.11. The summed E-state index contributed by atoms with van der Waals surface area (Å²) in [7, 11) is 0. The number of carbonyl (C=O) groups is 3. The van der Waals surface area contributed by atoms with Gasteiger partial charge in [0.25, 0.3) is 11.8 Å². The highest BCUT2D eigenvalue weighted by atomic mass is 19.1. The van der Waals surface area contributed by atoms with Crippen LogP contribution in [-0.4, -0.2) is 17.7 Å². The van der Waals surface area contributed by atoms with Crippen LogP contribution in [0.1, 0.15) is 34.6 Å². The molecule has 0 aliphatic rings. The molecule has 0 saturated heterocycles. The number of benzene rings is 3. The average Bonchev–Trinajstić information content (AvgIpc) is 2.75. The summed E-state index contributed by atoms with van der Waals surface area (Å²) in [6, 6.07) is 18.4. The molecular weight excluding hydrogens is 397 g/mol. The number of amides is 3. The van der Waals surface area contributed by atoms with Crippen molar-refractivity contribution in [3.63, 3.8) is 0 Å². The predicted octanol–water partition coefficient (Wildman–Crippen LogP) is 4.92. The van der Waals surface area contributed by atoms with Gasteiger partial charge in [-0.2, -0.15) is 0 Å². The third-order valence-electron chi connectivity index (χ3n) is 4.42. The second kappa shape index (κ2) is 9.67. The summed E-state index contributed by atoms with van der Waals surface area (Å²) >= 11 is 0. The molecular formula is C24H22FN3O3. The minimum Gasteiger partial charge on any atom is -0.326 e. The van der Waals surface area contributed by atoms with Gasteiger partial charge in [0.15, 0.2) is 0 Å². The Balaban J connectivity index is 1.64. The van der Waals surface area contributed by atoms with E-state index in [4.69, 9.17) is 0 Å². The molecule has 0 unspecified atom stereocenters. The fourth-order valence-corrected chi connectivity index (χ4v) is 2.67. The van der Waals surface area contributed by atoms with Crippen LogP contribution in [0.2, 0.25) is 0 Å². The zero-order valence-electron chi connectivity index (χ0n) is 17.1. The standard InChI is InChI=1S/C24H22FN3O3/c1-15(2)22(29)26-19-10-12-20(13-11-19)27-24(31)17-4-3-5-21(14-17)28-23(30)16-6-8-18(25)9-7-16/h3-15H,1-2H3,(H,26,29)(H,27,31)(H,28,30). The van der Waals surface area contributed by atoms with E-state index < -0.39 is 11.7 Å². The molecule has 3 amide bonds. The normalized spacial score (nSPS) is 10.5. The van der Waals surface area contributed by atoms with E-state index in [1.807, 2.05) is 0 Å². The Labute approximate surface area is 179 Å². The molecule has 0 spiro atoms. The molecule has 6 nitrogen and oxygen atoms in total. The molecule has 0 atom stereocenters. The van der Waals surface area contributed by atoms with Gasteiger partial charge < -0.3 is 16.0 Å². The minimum atomic E-state index is -0.425. The highest BCUT2D eigenvalue weighted by Crippen LogP contribution is 2.17. The lowest BCUT2D eigenvalue weighted by molar-refractivity contribution is -0.118. The summed E-state index contributed by atoms with van der Waals surface area (Å²) in [5.74, 6) is -1.40. The maximum atomic E-state index is 13.0. The summed E-state index contributed by atoms with van der Waals surface area (Å²) in [5.41, 5.74) is 2.30. The van der Waals surface area contributed by atoms with Gasteiger partial charge in [0.1, 0.15) is 5.82 Å². The van der Waals surface area contributed by atoms with E-state index in [2.05, 4.69) is 16.0 Å². The quantitative estimate of drug-likeness (QED) is 0.530. The number of anilines is 3. The van der Waals surface area contributed by atoms with Crippen LogP contribution in [-0.2, 0) is 4.79 Å². The summed E-state index contributed by atoms with van der Waals surface area (Å²) in [6.07, 6.45) is 0. The minimum absolute atomic E-state index is 0.0868. The second-order valence-corrected chi connectivity index (χ2v) is 7.22. The molecule has 3 aromatic rings. The molecule has 158 valence electrons. The fourth-order valence-electron chi connectivity index (χ4n) is 2.67. The van der Waals surface area contributed by atoms with Crippen LogP contribution >= 0.6 is 0 Å². The maximum absolute atomic E-state index is 13.0. The first-order chi connectivity index (χ1) is 14.8. The molecule has 3 rings (SSSR count). The van der Waals surface area contributed by atoms with Gasteiger partial charge in [-0.1, -0.05) is 19.9 Å². The van der Waals surface area contributed by atoms with Crippen LogP contribution in [0.4, 0.5) is 21.5 Å². The molecule has 0 bridgehead atoms. The number of hydrogen-bond donors (Lipinski definition) is 3. The first-order valence-corrected chi connectivity index (χ1v) is 9.71. The Morgan fingerprint density at radius 1 is 0.677 bits per heavy atom. The first-order valence-electron chi connectivity index (χ1n) is 9.71. The van der Waals surface area contributed by atoms with Crippen molar-refractivity contribution in [2.45, 2.75) is 13.8 Å². The third-order valence-corrected chi connectivity index (χ3v) is 4.42. The van der Waals surface area contributed by atoms with Gasteiger partial charge >= 0.3 is 0 Å².